The second-order valence-electron chi connectivity index (χ2n) is 5.06. The van der Waals surface area contributed by atoms with E-state index in [1.165, 1.54) is 0 Å². The second kappa shape index (κ2) is 3.68. The van der Waals surface area contributed by atoms with Crippen LogP contribution >= 0.6 is 0 Å². The number of nitrogens with zero attached hydrogens (tertiary/aromatic N) is 1. The number of carboxylic acids is 1. The molecule has 0 spiro atoms. The Kier molecular flexibility index (Phi) is 2.59. The van der Waals surface area contributed by atoms with E-state index in [-0.39, 0.29) is 24.8 Å². The van der Waals surface area contributed by atoms with Gasteiger partial charge < -0.3 is 5.11 Å². The van der Waals surface area contributed by atoms with Crippen molar-refractivity contribution in [3.8, 4) is 0 Å². The van der Waals surface area contributed by atoms with Crippen LogP contribution in [0.25, 0.3) is 0 Å². The minimum atomic E-state index is -1.03. The number of alkyl halides is 1. The average molecular weight is 231 g/mol. The van der Waals surface area contributed by atoms with Crippen LogP contribution in [0.15, 0.2) is 0 Å². The molecule has 5 nitrogen and oxygen atoms in total. The zero-order chi connectivity index (χ0) is 11.9. The van der Waals surface area contributed by atoms with E-state index < -0.39 is 22.5 Å². The van der Waals surface area contributed by atoms with Crippen molar-refractivity contribution in [1.82, 2.24) is 0 Å². The molecule has 0 aliphatic heterocycles. The quantitative estimate of drug-likeness (QED) is 0.587. The van der Waals surface area contributed by atoms with E-state index in [1.807, 2.05) is 0 Å². The summed E-state index contributed by atoms with van der Waals surface area (Å²) in [6.45, 7) is -0.340. The summed E-state index contributed by atoms with van der Waals surface area (Å²) >= 11 is 0. The van der Waals surface area contributed by atoms with Crippen molar-refractivity contribution in [3.63, 3.8) is 0 Å². The zero-order valence-corrected chi connectivity index (χ0v) is 8.76. The molecule has 2 rings (SSSR count). The first-order chi connectivity index (χ1) is 7.43. The summed E-state index contributed by atoms with van der Waals surface area (Å²) in [4.78, 5) is 20.9. The van der Waals surface area contributed by atoms with Gasteiger partial charge in [0.15, 0.2) is 0 Å². The maximum absolute atomic E-state index is 13.2. The van der Waals surface area contributed by atoms with E-state index in [9.17, 15) is 19.3 Å². The Balaban J connectivity index is 2.11. The fourth-order valence-corrected chi connectivity index (χ4v) is 3.54. The number of aliphatic carboxylic acids is 1. The summed E-state index contributed by atoms with van der Waals surface area (Å²) in [7, 11) is 0. The number of hydrogen-bond acceptors (Lipinski definition) is 3. The van der Waals surface area contributed by atoms with Crippen LogP contribution in [-0.2, 0) is 4.79 Å². The minimum absolute atomic E-state index is 0.107. The monoisotopic (exact) mass is 231 g/mol. The minimum Gasteiger partial charge on any atom is -0.481 e. The number of carbonyl (C=O) groups is 1. The van der Waals surface area contributed by atoms with Crippen molar-refractivity contribution in [2.75, 3.05) is 6.54 Å². The van der Waals surface area contributed by atoms with Gasteiger partial charge in [-0.2, -0.15) is 0 Å². The Morgan fingerprint density at radius 1 is 1.56 bits per heavy atom. The lowest BCUT2D eigenvalue weighted by atomic mass is 9.53. The summed E-state index contributed by atoms with van der Waals surface area (Å²) in [6.07, 6.45) is 0.125. The van der Waals surface area contributed by atoms with Gasteiger partial charge in [-0.25, -0.2) is 4.39 Å². The molecule has 0 saturated heterocycles. The van der Waals surface area contributed by atoms with Crippen molar-refractivity contribution < 1.29 is 19.2 Å². The predicted octanol–water partition coefficient (Wildman–Crippen LogP) is 1.49. The van der Waals surface area contributed by atoms with Gasteiger partial charge in [0.2, 0.25) is 6.54 Å². The summed E-state index contributed by atoms with van der Waals surface area (Å²) in [6, 6.07) is 0. The zero-order valence-electron chi connectivity index (χ0n) is 8.76. The summed E-state index contributed by atoms with van der Waals surface area (Å²) in [5.74, 6) is -0.971. The van der Waals surface area contributed by atoms with Crippen LogP contribution in [0.2, 0.25) is 0 Å². The van der Waals surface area contributed by atoms with Crippen LogP contribution in [0.1, 0.15) is 25.7 Å². The van der Waals surface area contributed by atoms with Crippen molar-refractivity contribution in [2.24, 2.45) is 17.3 Å². The molecule has 0 aromatic rings. The molecule has 2 aliphatic rings. The normalized spacial score (nSPS) is 41.2. The third kappa shape index (κ3) is 1.76. The fraction of sp³-hybridized carbons (Fsp3) is 0.900. The smallest absolute Gasteiger partial charge is 0.304 e. The predicted molar refractivity (Wildman–Crippen MR) is 52.3 cm³/mol. The van der Waals surface area contributed by atoms with Crippen LogP contribution in [0.3, 0.4) is 0 Å². The first kappa shape index (κ1) is 11.3. The molecule has 0 aromatic carbocycles. The standard InChI is InChI=1S/C10H14FNO4/c11-7-1-6-3-10(4-9(13)14,5-12(15)16)8(6)2-7/h6-8H,1-5H2,(H,13,14). The molecule has 0 radical (unpaired) electrons. The molecule has 0 aromatic heterocycles. The van der Waals surface area contributed by atoms with Crippen molar-refractivity contribution in [1.29, 1.82) is 0 Å². The molecule has 4 unspecified atom stereocenters. The van der Waals surface area contributed by atoms with Gasteiger partial charge in [0.25, 0.3) is 0 Å². The highest BCUT2D eigenvalue weighted by Crippen LogP contribution is 2.61. The van der Waals surface area contributed by atoms with E-state index in [0.29, 0.717) is 19.3 Å². The molecule has 2 fully saturated rings. The molecule has 6 heteroatoms. The number of halogens is 1. The number of nitro groups is 1. The highest BCUT2D eigenvalue weighted by Gasteiger charge is 2.61. The van der Waals surface area contributed by atoms with E-state index >= 15 is 0 Å². The Morgan fingerprint density at radius 3 is 2.75 bits per heavy atom. The molecule has 90 valence electrons. The molecule has 4 atom stereocenters. The summed E-state index contributed by atoms with van der Waals surface area (Å²) < 4.78 is 13.2. The SMILES string of the molecule is O=C(O)CC1(C[N+](=O)[O-])CC2CC(F)CC21. The third-order valence-corrected chi connectivity index (χ3v) is 4.04. The average Bonchev–Trinajstić information content (AvgIpc) is 2.40. The van der Waals surface area contributed by atoms with Crippen LogP contribution in [-0.4, -0.2) is 28.7 Å². The van der Waals surface area contributed by atoms with Crippen molar-refractivity contribution >= 4 is 5.97 Å². The lowest BCUT2D eigenvalue weighted by Gasteiger charge is -2.49. The Bertz CT molecular complexity index is 317. The highest BCUT2D eigenvalue weighted by atomic mass is 19.1. The number of fused-ring (bicyclic) bond motifs is 1. The van der Waals surface area contributed by atoms with Crippen molar-refractivity contribution in [2.45, 2.75) is 31.9 Å². The van der Waals surface area contributed by atoms with Gasteiger partial charge in [0.1, 0.15) is 6.17 Å². The first-order valence-corrected chi connectivity index (χ1v) is 5.40. The van der Waals surface area contributed by atoms with E-state index in [2.05, 4.69) is 0 Å². The Morgan fingerprint density at radius 2 is 2.25 bits per heavy atom. The van der Waals surface area contributed by atoms with Gasteiger partial charge in [-0.1, -0.05) is 0 Å². The topological polar surface area (TPSA) is 80.4 Å². The Labute approximate surface area is 91.8 Å². The first-order valence-electron chi connectivity index (χ1n) is 5.40. The van der Waals surface area contributed by atoms with E-state index in [0.717, 1.165) is 0 Å². The molecular weight excluding hydrogens is 217 g/mol. The lowest BCUT2D eigenvalue weighted by molar-refractivity contribution is -0.506. The molecule has 16 heavy (non-hydrogen) atoms. The van der Waals surface area contributed by atoms with Crippen LogP contribution in [0.4, 0.5) is 4.39 Å². The van der Waals surface area contributed by atoms with E-state index in [4.69, 9.17) is 5.11 Å². The van der Waals surface area contributed by atoms with Gasteiger partial charge in [0.05, 0.1) is 6.42 Å². The maximum atomic E-state index is 13.2. The second-order valence-corrected chi connectivity index (χ2v) is 5.06. The van der Waals surface area contributed by atoms with Gasteiger partial charge in [0, 0.05) is 10.3 Å². The molecule has 2 saturated carbocycles. The van der Waals surface area contributed by atoms with Gasteiger partial charge in [-0.3, -0.25) is 14.9 Å². The largest absolute Gasteiger partial charge is 0.481 e. The lowest BCUT2D eigenvalue weighted by Crippen LogP contribution is -2.50. The van der Waals surface area contributed by atoms with Gasteiger partial charge in [-0.05, 0) is 31.1 Å². The summed E-state index contributed by atoms with van der Waals surface area (Å²) in [5.41, 5.74) is -0.791. The Hall–Kier alpha value is -1.20. The van der Waals surface area contributed by atoms with Gasteiger partial charge in [-0.15, -0.1) is 0 Å². The molecule has 1 N–H and O–H groups in total. The van der Waals surface area contributed by atoms with Crippen LogP contribution < -0.4 is 0 Å². The molecule has 2 aliphatic carbocycles. The highest BCUT2D eigenvalue weighted by molar-refractivity contribution is 5.68. The van der Waals surface area contributed by atoms with Crippen LogP contribution in [0, 0.1) is 27.4 Å². The van der Waals surface area contributed by atoms with Gasteiger partial charge >= 0.3 is 5.97 Å². The maximum Gasteiger partial charge on any atom is 0.304 e. The van der Waals surface area contributed by atoms with Crippen molar-refractivity contribution in [3.05, 3.63) is 10.1 Å². The molecule has 0 bridgehead atoms. The third-order valence-electron chi connectivity index (χ3n) is 4.04. The fourth-order valence-electron chi connectivity index (χ4n) is 3.54. The van der Waals surface area contributed by atoms with E-state index in [1.54, 1.807) is 0 Å². The molecule has 0 amide bonds. The molecular formula is C10H14FNO4. The van der Waals surface area contributed by atoms with Crippen LogP contribution in [0.5, 0.6) is 0 Å². The number of hydrogen-bond donors (Lipinski definition) is 1. The number of carboxylic acid groups (broad SMARTS) is 1. The number of rotatable bonds is 4. The summed E-state index contributed by atoms with van der Waals surface area (Å²) in [5, 5.41) is 19.4. The molecule has 0 heterocycles.